The van der Waals surface area contributed by atoms with Crippen molar-refractivity contribution in [3.05, 3.63) is 63.9 Å². The van der Waals surface area contributed by atoms with Crippen LogP contribution in [0.25, 0.3) is 16.9 Å². The van der Waals surface area contributed by atoms with Gasteiger partial charge in [0.1, 0.15) is 5.82 Å². The van der Waals surface area contributed by atoms with E-state index in [1.165, 1.54) is 4.68 Å². The van der Waals surface area contributed by atoms with Crippen molar-refractivity contribution in [1.29, 1.82) is 0 Å². The minimum Gasteiger partial charge on any atom is -0.383 e. The topological polar surface area (TPSA) is 61.9 Å². The van der Waals surface area contributed by atoms with E-state index < -0.39 is 0 Å². The molecule has 0 fully saturated rings. The molecule has 3 rings (SSSR count). The molecule has 2 aromatic heterocycles. The van der Waals surface area contributed by atoms with Gasteiger partial charge < -0.3 is 9.30 Å². The predicted molar refractivity (Wildman–Crippen MR) is 92.7 cm³/mol. The average Bonchev–Trinajstić information content (AvgIpc) is 2.95. The van der Waals surface area contributed by atoms with Gasteiger partial charge in [-0.1, -0.05) is 23.7 Å². The molecule has 0 aliphatic heterocycles. The molecule has 0 N–H and O–H groups in total. The summed E-state index contributed by atoms with van der Waals surface area (Å²) >= 11 is 6.04. The summed E-state index contributed by atoms with van der Waals surface area (Å²) in [6, 6.07) is 9.04. The minimum absolute atomic E-state index is 0.179. The van der Waals surface area contributed by atoms with Crippen LogP contribution in [0.2, 0.25) is 5.02 Å². The fourth-order valence-corrected chi connectivity index (χ4v) is 2.61. The molecule has 0 radical (unpaired) electrons. The standard InChI is InChI=1S/C17H17ClN4O2/c1-12-20-16(13-4-3-5-14(18)8-13)11-21(12)15-9-17(23)22(19-10-15)6-7-24-2/h3-5,8-11H,6-7H2,1-2H3. The monoisotopic (exact) mass is 344 g/mol. The van der Waals surface area contributed by atoms with Crippen LogP contribution in [-0.4, -0.2) is 33.0 Å². The van der Waals surface area contributed by atoms with Crippen LogP contribution in [0.1, 0.15) is 5.82 Å². The van der Waals surface area contributed by atoms with Crippen molar-refractivity contribution in [2.24, 2.45) is 0 Å². The molecule has 0 aliphatic rings. The number of ether oxygens (including phenoxy) is 1. The first-order valence-corrected chi connectivity index (χ1v) is 7.84. The summed E-state index contributed by atoms with van der Waals surface area (Å²) in [6.45, 7) is 2.74. The Bertz CT molecular complexity index is 917. The molecule has 7 heteroatoms. The van der Waals surface area contributed by atoms with Crippen LogP contribution in [0.3, 0.4) is 0 Å². The highest BCUT2D eigenvalue weighted by molar-refractivity contribution is 6.30. The number of rotatable bonds is 5. The molecule has 0 spiro atoms. The molecule has 0 amide bonds. The molecule has 2 heterocycles. The van der Waals surface area contributed by atoms with Crippen molar-refractivity contribution in [2.75, 3.05) is 13.7 Å². The number of aromatic nitrogens is 4. The van der Waals surface area contributed by atoms with E-state index in [1.54, 1.807) is 19.4 Å². The molecule has 0 saturated carbocycles. The number of nitrogens with zero attached hydrogens (tertiary/aromatic N) is 4. The van der Waals surface area contributed by atoms with Gasteiger partial charge in [0, 0.05) is 30.0 Å². The van der Waals surface area contributed by atoms with Gasteiger partial charge in [-0.15, -0.1) is 0 Å². The summed E-state index contributed by atoms with van der Waals surface area (Å²) in [6.07, 6.45) is 3.52. The van der Waals surface area contributed by atoms with Gasteiger partial charge >= 0.3 is 0 Å². The first kappa shape index (κ1) is 16.4. The van der Waals surface area contributed by atoms with Crippen molar-refractivity contribution in [2.45, 2.75) is 13.5 Å². The Labute approximate surface area is 144 Å². The van der Waals surface area contributed by atoms with Crippen LogP contribution in [0.4, 0.5) is 0 Å². The van der Waals surface area contributed by atoms with Crippen LogP contribution < -0.4 is 5.56 Å². The van der Waals surface area contributed by atoms with Crippen LogP contribution in [-0.2, 0) is 11.3 Å². The first-order chi connectivity index (χ1) is 11.6. The Morgan fingerprint density at radius 3 is 2.83 bits per heavy atom. The van der Waals surface area contributed by atoms with E-state index in [0.717, 1.165) is 17.1 Å². The average molecular weight is 345 g/mol. The summed E-state index contributed by atoms with van der Waals surface area (Å²) in [5, 5.41) is 4.84. The number of benzene rings is 1. The quantitative estimate of drug-likeness (QED) is 0.714. The Morgan fingerprint density at radius 1 is 1.29 bits per heavy atom. The number of hydrogen-bond acceptors (Lipinski definition) is 4. The summed E-state index contributed by atoms with van der Waals surface area (Å²) < 4.78 is 8.18. The Morgan fingerprint density at radius 2 is 2.12 bits per heavy atom. The summed E-state index contributed by atoms with van der Waals surface area (Å²) in [5.74, 6) is 0.765. The lowest BCUT2D eigenvalue weighted by Gasteiger charge is -2.07. The number of methoxy groups -OCH3 is 1. The molecule has 1 aromatic carbocycles. The van der Waals surface area contributed by atoms with E-state index in [2.05, 4.69) is 10.1 Å². The van der Waals surface area contributed by atoms with Gasteiger partial charge in [-0.2, -0.15) is 5.10 Å². The van der Waals surface area contributed by atoms with E-state index in [0.29, 0.717) is 23.9 Å². The molecule has 0 bridgehead atoms. The summed E-state index contributed by atoms with van der Waals surface area (Å²) in [4.78, 5) is 16.7. The van der Waals surface area contributed by atoms with Crippen LogP contribution in [0, 0.1) is 6.92 Å². The highest BCUT2D eigenvalue weighted by atomic mass is 35.5. The molecule has 0 atom stereocenters. The van der Waals surface area contributed by atoms with E-state index in [9.17, 15) is 4.79 Å². The third-order valence-electron chi connectivity index (χ3n) is 3.64. The number of halogens is 1. The van der Waals surface area contributed by atoms with E-state index >= 15 is 0 Å². The third kappa shape index (κ3) is 3.39. The SMILES string of the molecule is COCCn1ncc(-n2cc(-c3cccc(Cl)c3)nc2C)cc1=O. The van der Waals surface area contributed by atoms with E-state index in [-0.39, 0.29) is 5.56 Å². The molecule has 24 heavy (non-hydrogen) atoms. The Kier molecular flexibility index (Phi) is 4.78. The van der Waals surface area contributed by atoms with Crippen LogP contribution >= 0.6 is 11.6 Å². The van der Waals surface area contributed by atoms with Gasteiger partial charge in [0.2, 0.25) is 0 Å². The second-order valence-electron chi connectivity index (χ2n) is 5.32. The lowest BCUT2D eigenvalue weighted by Crippen LogP contribution is -2.24. The van der Waals surface area contributed by atoms with Crippen molar-refractivity contribution in [1.82, 2.24) is 19.3 Å². The maximum absolute atomic E-state index is 12.1. The second-order valence-corrected chi connectivity index (χ2v) is 5.76. The zero-order valence-electron chi connectivity index (χ0n) is 13.4. The van der Waals surface area contributed by atoms with Gasteiger partial charge in [-0.25, -0.2) is 9.67 Å². The molecule has 0 saturated heterocycles. The number of imidazole rings is 1. The zero-order valence-corrected chi connectivity index (χ0v) is 14.2. The molecule has 6 nitrogen and oxygen atoms in total. The smallest absolute Gasteiger partial charge is 0.268 e. The minimum atomic E-state index is -0.179. The molecular formula is C17H17ClN4O2. The Balaban J connectivity index is 1.96. The van der Waals surface area contributed by atoms with Crippen LogP contribution in [0.5, 0.6) is 0 Å². The molecule has 0 aliphatic carbocycles. The van der Waals surface area contributed by atoms with Gasteiger partial charge in [-0.3, -0.25) is 4.79 Å². The highest BCUT2D eigenvalue weighted by Crippen LogP contribution is 2.23. The number of aryl methyl sites for hydroxylation is 1. The predicted octanol–water partition coefficient (Wildman–Crippen LogP) is 2.70. The molecule has 124 valence electrons. The van der Waals surface area contributed by atoms with Crippen molar-refractivity contribution in [3.63, 3.8) is 0 Å². The van der Waals surface area contributed by atoms with E-state index in [1.807, 2.05) is 42.0 Å². The summed E-state index contributed by atoms with van der Waals surface area (Å²) in [5.41, 5.74) is 2.21. The van der Waals surface area contributed by atoms with Crippen molar-refractivity contribution >= 4 is 11.6 Å². The fraction of sp³-hybridized carbons (Fsp3) is 0.235. The largest absolute Gasteiger partial charge is 0.383 e. The zero-order chi connectivity index (χ0) is 17.1. The first-order valence-electron chi connectivity index (χ1n) is 7.47. The third-order valence-corrected chi connectivity index (χ3v) is 3.88. The van der Waals surface area contributed by atoms with Gasteiger partial charge in [-0.05, 0) is 19.1 Å². The fourth-order valence-electron chi connectivity index (χ4n) is 2.42. The Hall–Kier alpha value is -2.44. The van der Waals surface area contributed by atoms with Gasteiger partial charge in [0.25, 0.3) is 5.56 Å². The van der Waals surface area contributed by atoms with E-state index in [4.69, 9.17) is 16.3 Å². The lowest BCUT2D eigenvalue weighted by atomic mass is 10.2. The molecule has 0 unspecified atom stereocenters. The number of hydrogen-bond donors (Lipinski definition) is 0. The van der Waals surface area contributed by atoms with Crippen molar-refractivity contribution in [3.8, 4) is 16.9 Å². The maximum Gasteiger partial charge on any atom is 0.268 e. The van der Waals surface area contributed by atoms with Gasteiger partial charge in [0.15, 0.2) is 0 Å². The maximum atomic E-state index is 12.1. The normalized spacial score (nSPS) is 11.0. The highest BCUT2D eigenvalue weighted by Gasteiger charge is 2.10. The van der Waals surface area contributed by atoms with Crippen LogP contribution in [0.15, 0.2) is 47.5 Å². The lowest BCUT2D eigenvalue weighted by molar-refractivity contribution is 0.182. The summed E-state index contributed by atoms with van der Waals surface area (Å²) in [7, 11) is 1.59. The molecule has 3 aromatic rings. The van der Waals surface area contributed by atoms with Crippen molar-refractivity contribution < 1.29 is 4.74 Å². The second kappa shape index (κ2) is 6.98. The molecular weight excluding hydrogens is 328 g/mol. The van der Waals surface area contributed by atoms with Gasteiger partial charge in [0.05, 0.1) is 30.7 Å².